The monoisotopic (exact) mass is 352 g/mol. The number of imide groups is 1. The van der Waals surface area contributed by atoms with Crippen LogP contribution in [0.5, 0.6) is 0 Å². The summed E-state index contributed by atoms with van der Waals surface area (Å²) in [7, 11) is 0. The zero-order chi connectivity index (χ0) is 18.3. The molecule has 0 N–H and O–H groups in total. The van der Waals surface area contributed by atoms with Crippen molar-refractivity contribution in [2.24, 2.45) is 0 Å². The van der Waals surface area contributed by atoms with Gasteiger partial charge in [-0.2, -0.15) is 0 Å². The predicted molar refractivity (Wildman–Crippen MR) is 88.1 cm³/mol. The Morgan fingerprint density at radius 3 is 2.23 bits per heavy atom. The second-order valence-corrected chi connectivity index (χ2v) is 5.65. The lowest BCUT2D eigenvalue weighted by molar-refractivity contribution is -0.168. The van der Waals surface area contributed by atoms with Gasteiger partial charge in [0.2, 0.25) is 0 Å². The van der Waals surface area contributed by atoms with Gasteiger partial charge in [-0.05, 0) is 24.3 Å². The van der Waals surface area contributed by atoms with Gasteiger partial charge in [-0.1, -0.05) is 29.3 Å². The van der Waals surface area contributed by atoms with Crippen LogP contribution < -0.4 is 5.76 Å². The number of rotatable bonds is 4. The van der Waals surface area contributed by atoms with E-state index >= 15 is 0 Å². The van der Waals surface area contributed by atoms with Crippen molar-refractivity contribution in [1.29, 1.82) is 0 Å². The van der Waals surface area contributed by atoms with Gasteiger partial charge in [-0.25, -0.2) is 9.59 Å². The molecule has 0 radical (unpaired) electrons. The van der Waals surface area contributed by atoms with Crippen LogP contribution in [0.2, 0.25) is 0 Å². The van der Waals surface area contributed by atoms with Crippen LogP contribution in [0.25, 0.3) is 11.1 Å². The van der Waals surface area contributed by atoms with Crippen molar-refractivity contribution >= 4 is 28.9 Å². The molecule has 0 fully saturated rings. The van der Waals surface area contributed by atoms with E-state index in [1.165, 1.54) is 16.7 Å². The van der Waals surface area contributed by atoms with Crippen LogP contribution in [0.15, 0.2) is 57.7 Å². The normalized spacial score (nSPS) is 13.3. The van der Waals surface area contributed by atoms with Gasteiger partial charge >= 0.3 is 11.7 Å². The van der Waals surface area contributed by atoms with E-state index in [0.717, 1.165) is 0 Å². The number of fused-ring (bicyclic) bond motifs is 2. The van der Waals surface area contributed by atoms with Crippen LogP contribution in [0, 0.1) is 0 Å². The number of hydroxylamine groups is 2. The Morgan fingerprint density at radius 2 is 1.54 bits per heavy atom. The molecule has 2 heterocycles. The summed E-state index contributed by atoms with van der Waals surface area (Å²) in [4.78, 5) is 53.2. The van der Waals surface area contributed by atoms with E-state index in [1.807, 2.05) is 0 Å². The molecule has 130 valence electrons. The van der Waals surface area contributed by atoms with Crippen LogP contribution in [0.3, 0.4) is 0 Å². The summed E-state index contributed by atoms with van der Waals surface area (Å²) in [6.45, 7) is -0.00213. The number of amides is 2. The van der Waals surface area contributed by atoms with E-state index < -0.39 is 23.5 Å². The first-order valence-electron chi connectivity index (χ1n) is 7.83. The van der Waals surface area contributed by atoms with Crippen molar-refractivity contribution in [3.8, 4) is 0 Å². The fourth-order valence-corrected chi connectivity index (χ4v) is 2.83. The molecule has 1 aliphatic rings. The van der Waals surface area contributed by atoms with Gasteiger partial charge in [-0.15, -0.1) is 0 Å². The number of oxazole rings is 1. The third-order valence-corrected chi connectivity index (χ3v) is 4.06. The summed E-state index contributed by atoms with van der Waals surface area (Å²) in [6.07, 6.45) is -0.211. The molecule has 0 atom stereocenters. The highest BCUT2D eigenvalue weighted by Gasteiger charge is 2.38. The van der Waals surface area contributed by atoms with Crippen LogP contribution in [0.1, 0.15) is 27.1 Å². The summed E-state index contributed by atoms with van der Waals surface area (Å²) >= 11 is 0. The van der Waals surface area contributed by atoms with Crippen LogP contribution >= 0.6 is 0 Å². The molecule has 0 saturated carbocycles. The van der Waals surface area contributed by atoms with Crippen molar-refractivity contribution < 1.29 is 23.6 Å². The maximum atomic E-state index is 12.2. The van der Waals surface area contributed by atoms with E-state index in [-0.39, 0.29) is 24.1 Å². The summed E-state index contributed by atoms with van der Waals surface area (Å²) < 4.78 is 6.37. The number of para-hydroxylation sites is 2. The molecule has 1 aromatic heterocycles. The number of hydrogen-bond donors (Lipinski definition) is 0. The van der Waals surface area contributed by atoms with Crippen molar-refractivity contribution in [1.82, 2.24) is 9.63 Å². The van der Waals surface area contributed by atoms with Gasteiger partial charge in [0.15, 0.2) is 5.58 Å². The molecule has 1 aliphatic heterocycles. The highest BCUT2D eigenvalue weighted by molar-refractivity contribution is 6.20. The Hall–Kier alpha value is -3.68. The first-order chi connectivity index (χ1) is 12.6. The number of benzene rings is 2. The molecular weight excluding hydrogens is 340 g/mol. The Labute approximate surface area is 146 Å². The van der Waals surface area contributed by atoms with Gasteiger partial charge < -0.3 is 9.25 Å². The molecule has 0 aliphatic carbocycles. The number of aromatic nitrogens is 1. The summed E-state index contributed by atoms with van der Waals surface area (Å²) in [5.41, 5.74) is 1.32. The van der Waals surface area contributed by atoms with E-state index in [4.69, 9.17) is 9.25 Å². The number of carbonyl (C=O) groups excluding carboxylic acids is 3. The smallest absolute Gasteiger partial charge is 0.408 e. The van der Waals surface area contributed by atoms with Crippen molar-refractivity contribution in [3.05, 3.63) is 70.2 Å². The maximum Gasteiger partial charge on any atom is 0.419 e. The van der Waals surface area contributed by atoms with Gasteiger partial charge in [0.1, 0.15) is 0 Å². The molecule has 2 amide bonds. The maximum absolute atomic E-state index is 12.2. The third-order valence-electron chi connectivity index (χ3n) is 4.06. The van der Waals surface area contributed by atoms with Crippen molar-refractivity contribution in [3.63, 3.8) is 0 Å². The van der Waals surface area contributed by atoms with Crippen LogP contribution in [-0.4, -0.2) is 27.4 Å². The van der Waals surface area contributed by atoms with E-state index in [9.17, 15) is 19.2 Å². The first kappa shape index (κ1) is 15.8. The molecule has 0 bridgehead atoms. The van der Waals surface area contributed by atoms with Gasteiger partial charge in [-0.3, -0.25) is 14.2 Å². The standard InChI is InChI=1S/C18H12N2O6/c21-15(9-10-19-13-7-3-4-8-14(13)25-18(19)24)26-20-16(22)11-5-1-2-6-12(11)17(20)23/h1-8H,9-10H2. The number of carbonyl (C=O) groups is 3. The molecule has 4 rings (SSSR count). The fraction of sp³-hybridized carbons (Fsp3) is 0.111. The minimum absolute atomic E-state index is 0.00213. The molecule has 26 heavy (non-hydrogen) atoms. The second kappa shape index (κ2) is 5.99. The lowest BCUT2D eigenvalue weighted by Gasteiger charge is -2.12. The molecule has 0 saturated heterocycles. The first-order valence-corrected chi connectivity index (χ1v) is 7.83. The molecule has 3 aromatic rings. The van der Waals surface area contributed by atoms with E-state index in [2.05, 4.69) is 0 Å². The quantitative estimate of drug-likeness (QED) is 0.663. The Kier molecular flexibility index (Phi) is 3.65. The SMILES string of the molecule is O=C(CCn1c(=O)oc2ccccc21)ON1C(=O)c2ccccc2C1=O. The highest BCUT2D eigenvalue weighted by Crippen LogP contribution is 2.23. The Balaban J connectivity index is 1.47. The fourth-order valence-electron chi connectivity index (χ4n) is 2.83. The largest absolute Gasteiger partial charge is 0.419 e. The summed E-state index contributed by atoms with van der Waals surface area (Å²) in [5, 5.41) is 0.448. The summed E-state index contributed by atoms with van der Waals surface area (Å²) in [5.74, 6) is -2.79. The minimum Gasteiger partial charge on any atom is -0.408 e. The summed E-state index contributed by atoms with van der Waals surface area (Å²) in [6, 6.07) is 13.0. The van der Waals surface area contributed by atoms with Crippen LogP contribution in [-0.2, 0) is 16.2 Å². The minimum atomic E-state index is -0.809. The lowest BCUT2D eigenvalue weighted by Crippen LogP contribution is -2.33. The molecule has 2 aromatic carbocycles. The van der Waals surface area contributed by atoms with Gasteiger partial charge in [0, 0.05) is 6.54 Å². The lowest BCUT2D eigenvalue weighted by atomic mass is 10.1. The number of nitrogens with zero attached hydrogens (tertiary/aromatic N) is 2. The second-order valence-electron chi connectivity index (χ2n) is 5.65. The van der Waals surface area contributed by atoms with Gasteiger partial charge in [0.25, 0.3) is 11.8 Å². The van der Waals surface area contributed by atoms with E-state index in [0.29, 0.717) is 16.2 Å². The zero-order valence-corrected chi connectivity index (χ0v) is 13.4. The zero-order valence-electron chi connectivity index (χ0n) is 13.4. The topological polar surface area (TPSA) is 98.8 Å². The average molecular weight is 352 g/mol. The number of aryl methyl sites for hydroxylation is 1. The number of hydrogen-bond acceptors (Lipinski definition) is 6. The molecule has 0 spiro atoms. The van der Waals surface area contributed by atoms with Crippen molar-refractivity contribution in [2.45, 2.75) is 13.0 Å². The highest BCUT2D eigenvalue weighted by atomic mass is 16.7. The molecule has 0 unspecified atom stereocenters. The van der Waals surface area contributed by atoms with Gasteiger partial charge in [0.05, 0.1) is 23.1 Å². The Morgan fingerprint density at radius 1 is 0.923 bits per heavy atom. The van der Waals surface area contributed by atoms with Crippen molar-refractivity contribution in [2.75, 3.05) is 0 Å². The van der Waals surface area contributed by atoms with E-state index in [1.54, 1.807) is 36.4 Å². The van der Waals surface area contributed by atoms with Crippen LogP contribution in [0.4, 0.5) is 0 Å². The molecule has 8 nitrogen and oxygen atoms in total. The average Bonchev–Trinajstić information content (AvgIpc) is 3.09. The molecule has 8 heteroatoms. The third kappa shape index (κ3) is 2.48. The Bertz CT molecular complexity index is 1080. The molecular formula is C18H12N2O6. The predicted octanol–water partition coefficient (Wildman–Crippen LogP) is 1.74.